The van der Waals surface area contributed by atoms with Crippen molar-refractivity contribution in [2.45, 2.75) is 23.8 Å². The van der Waals surface area contributed by atoms with Crippen LogP contribution in [0.15, 0.2) is 53.4 Å². The van der Waals surface area contributed by atoms with Crippen molar-refractivity contribution in [1.29, 1.82) is 0 Å². The van der Waals surface area contributed by atoms with E-state index >= 15 is 0 Å². The van der Waals surface area contributed by atoms with Gasteiger partial charge in [-0.3, -0.25) is 9.69 Å². The van der Waals surface area contributed by atoms with E-state index in [0.29, 0.717) is 23.3 Å². The Morgan fingerprint density at radius 1 is 1.23 bits per heavy atom. The number of para-hydroxylation sites is 1. The van der Waals surface area contributed by atoms with Crippen molar-refractivity contribution in [3.63, 3.8) is 0 Å². The molecule has 1 saturated heterocycles. The summed E-state index contributed by atoms with van der Waals surface area (Å²) >= 11 is 7.27. The molecule has 2 heterocycles. The van der Waals surface area contributed by atoms with E-state index < -0.39 is 10.0 Å². The summed E-state index contributed by atoms with van der Waals surface area (Å²) in [6.45, 7) is 0.693. The Kier molecular flexibility index (Phi) is 6.59. The highest BCUT2D eigenvalue weighted by Gasteiger charge is 2.30. The maximum atomic E-state index is 13.3. The molecule has 0 saturated carbocycles. The zero-order valence-electron chi connectivity index (χ0n) is 16.9. The van der Waals surface area contributed by atoms with Gasteiger partial charge in [0, 0.05) is 18.7 Å². The SMILES string of the molecule is CN(CC(=O)N(CC1CCCO1)c1nc2ccccc2s1)S(=O)(=O)c1ccc(Cl)cc1. The van der Waals surface area contributed by atoms with Gasteiger partial charge >= 0.3 is 0 Å². The maximum Gasteiger partial charge on any atom is 0.244 e. The number of thiazole rings is 1. The summed E-state index contributed by atoms with van der Waals surface area (Å²) in [4.78, 5) is 19.5. The van der Waals surface area contributed by atoms with Crippen LogP contribution in [0.25, 0.3) is 10.2 Å². The summed E-state index contributed by atoms with van der Waals surface area (Å²) in [7, 11) is -2.45. The number of aromatic nitrogens is 1. The normalized spacial score (nSPS) is 16.8. The molecule has 164 valence electrons. The van der Waals surface area contributed by atoms with Crippen LogP contribution >= 0.6 is 22.9 Å². The van der Waals surface area contributed by atoms with E-state index in [0.717, 1.165) is 27.4 Å². The van der Waals surface area contributed by atoms with Crippen molar-refractivity contribution in [3.05, 3.63) is 53.6 Å². The van der Waals surface area contributed by atoms with Crippen LogP contribution in [0, 0.1) is 0 Å². The van der Waals surface area contributed by atoms with Gasteiger partial charge in [0.25, 0.3) is 0 Å². The molecule has 4 rings (SSSR count). The molecular formula is C21H22ClN3O4S2. The largest absolute Gasteiger partial charge is 0.376 e. The fourth-order valence-corrected chi connectivity index (χ4v) is 5.64. The Morgan fingerprint density at radius 2 is 1.97 bits per heavy atom. The number of anilines is 1. The van der Waals surface area contributed by atoms with Crippen LogP contribution in [0.4, 0.5) is 5.13 Å². The van der Waals surface area contributed by atoms with Crippen LogP contribution < -0.4 is 4.90 Å². The standard InChI is InChI=1S/C21H22ClN3O4S2/c1-24(31(27,28)17-10-8-15(22)9-11-17)14-20(26)25(13-16-5-4-12-29-16)21-23-18-6-2-3-7-19(18)30-21/h2-3,6-11,16H,4-5,12-14H2,1H3. The van der Waals surface area contributed by atoms with E-state index in [2.05, 4.69) is 4.98 Å². The molecule has 3 aromatic rings. The molecule has 1 amide bonds. The number of amides is 1. The number of ether oxygens (including phenoxy) is 1. The molecular weight excluding hydrogens is 458 g/mol. The lowest BCUT2D eigenvalue weighted by Crippen LogP contribution is -2.44. The Balaban J connectivity index is 1.58. The van der Waals surface area contributed by atoms with Crippen molar-refractivity contribution in [1.82, 2.24) is 9.29 Å². The molecule has 31 heavy (non-hydrogen) atoms. The molecule has 1 aliphatic heterocycles. The molecule has 1 unspecified atom stereocenters. The number of hydrogen-bond donors (Lipinski definition) is 0. The van der Waals surface area contributed by atoms with E-state index in [1.165, 1.54) is 42.6 Å². The zero-order valence-corrected chi connectivity index (χ0v) is 19.3. The first-order valence-corrected chi connectivity index (χ1v) is 12.5. The van der Waals surface area contributed by atoms with Crippen LogP contribution in [0.3, 0.4) is 0 Å². The predicted octanol–water partition coefficient (Wildman–Crippen LogP) is 3.78. The number of benzene rings is 2. The van der Waals surface area contributed by atoms with Gasteiger partial charge in [-0.25, -0.2) is 13.4 Å². The molecule has 1 aliphatic rings. The Bertz CT molecular complexity index is 1140. The third-order valence-electron chi connectivity index (χ3n) is 5.10. The summed E-state index contributed by atoms with van der Waals surface area (Å²) in [5.41, 5.74) is 0.801. The number of carbonyl (C=O) groups is 1. The first-order chi connectivity index (χ1) is 14.8. The molecule has 0 N–H and O–H groups in total. The van der Waals surface area contributed by atoms with E-state index in [-0.39, 0.29) is 23.5 Å². The van der Waals surface area contributed by atoms with Gasteiger partial charge in [0.05, 0.1) is 34.3 Å². The topological polar surface area (TPSA) is 79.8 Å². The predicted molar refractivity (Wildman–Crippen MR) is 122 cm³/mol. The maximum absolute atomic E-state index is 13.3. The molecule has 1 fully saturated rings. The summed E-state index contributed by atoms with van der Waals surface area (Å²) in [5.74, 6) is -0.352. The molecule has 0 radical (unpaired) electrons. The van der Waals surface area contributed by atoms with Crippen molar-refractivity contribution in [2.24, 2.45) is 0 Å². The second kappa shape index (κ2) is 9.22. The fourth-order valence-electron chi connectivity index (χ4n) is 3.40. The minimum absolute atomic E-state index is 0.0814. The van der Waals surface area contributed by atoms with Gasteiger partial charge in [-0.05, 0) is 49.2 Å². The van der Waals surface area contributed by atoms with Crippen LogP contribution in [-0.4, -0.2) is 56.5 Å². The molecule has 2 aromatic carbocycles. The molecule has 10 heteroatoms. The third-order valence-corrected chi connectivity index (χ3v) is 8.23. The average molecular weight is 480 g/mol. The highest BCUT2D eigenvalue weighted by atomic mass is 35.5. The number of sulfonamides is 1. The lowest BCUT2D eigenvalue weighted by Gasteiger charge is -2.25. The van der Waals surface area contributed by atoms with Crippen molar-refractivity contribution < 1.29 is 17.9 Å². The van der Waals surface area contributed by atoms with Crippen molar-refractivity contribution >= 4 is 54.2 Å². The minimum Gasteiger partial charge on any atom is -0.376 e. The molecule has 0 spiro atoms. The summed E-state index contributed by atoms with van der Waals surface area (Å²) in [5, 5.41) is 0.982. The van der Waals surface area contributed by atoms with Gasteiger partial charge in [0.15, 0.2) is 5.13 Å². The van der Waals surface area contributed by atoms with E-state index in [1.807, 2.05) is 24.3 Å². The van der Waals surface area contributed by atoms with Crippen LogP contribution in [0.5, 0.6) is 0 Å². The summed E-state index contributed by atoms with van der Waals surface area (Å²) in [6, 6.07) is 13.5. The molecule has 0 bridgehead atoms. The Hall–Kier alpha value is -2.04. The quantitative estimate of drug-likeness (QED) is 0.515. The first-order valence-electron chi connectivity index (χ1n) is 9.84. The van der Waals surface area contributed by atoms with Gasteiger partial charge in [0.1, 0.15) is 0 Å². The van der Waals surface area contributed by atoms with E-state index in [4.69, 9.17) is 16.3 Å². The second-order valence-electron chi connectivity index (χ2n) is 7.32. The number of likely N-dealkylation sites (N-methyl/N-ethyl adjacent to an activating group) is 1. The number of halogens is 1. The zero-order chi connectivity index (χ0) is 22.0. The van der Waals surface area contributed by atoms with Gasteiger partial charge in [0.2, 0.25) is 15.9 Å². The highest BCUT2D eigenvalue weighted by molar-refractivity contribution is 7.89. The Morgan fingerprint density at radius 3 is 2.65 bits per heavy atom. The number of nitrogens with zero attached hydrogens (tertiary/aromatic N) is 3. The van der Waals surface area contributed by atoms with Gasteiger partial charge in [-0.15, -0.1) is 0 Å². The minimum atomic E-state index is -3.84. The monoisotopic (exact) mass is 479 g/mol. The van der Waals surface area contributed by atoms with E-state index in [1.54, 1.807) is 4.90 Å². The van der Waals surface area contributed by atoms with Gasteiger partial charge in [-0.2, -0.15) is 4.31 Å². The molecule has 1 aromatic heterocycles. The summed E-state index contributed by atoms with van der Waals surface area (Å²) in [6.07, 6.45) is 1.71. The van der Waals surface area contributed by atoms with Crippen molar-refractivity contribution in [3.8, 4) is 0 Å². The molecule has 7 nitrogen and oxygen atoms in total. The third kappa shape index (κ3) is 4.91. The number of fused-ring (bicyclic) bond motifs is 1. The van der Waals surface area contributed by atoms with Gasteiger partial charge < -0.3 is 4.74 Å². The summed E-state index contributed by atoms with van der Waals surface area (Å²) < 4.78 is 33.5. The second-order valence-corrected chi connectivity index (χ2v) is 10.8. The number of rotatable bonds is 7. The number of carbonyl (C=O) groups excluding carboxylic acids is 1. The lowest BCUT2D eigenvalue weighted by molar-refractivity contribution is -0.119. The average Bonchev–Trinajstić information content (AvgIpc) is 3.41. The van der Waals surface area contributed by atoms with E-state index in [9.17, 15) is 13.2 Å². The molecule has 1 atom stereocenters. The molecule has 0 aliphatic carbocycles. The lowest BCUT2D eigenvalue weighted by atomic mass is 10.2. The van der Waals surface area contributed by atoms with Crippen LogP contribution in [0.1, 0.15) is 12.8 Å². The first kappa shape index (κ1) is 22.2. The highest BCUT2D eigenvalue weighted by Crippen LogP contribution is 2.30. The van der Waals surface area contributed by atoms with Crippen LogP contribution in [0.2, 0.25) is 5.02 Å². The number of hydrogen-bond acceptors (Lipinski definition) is 6. The van der Waals surface area contributed by atoms with Crippen LogP contribution in [-0.2, 0) is 19.6 Å². The fraction of sp³-hybridized carbons (Fsp3) is 0.333. The van der Waals surface area contributed by atoms with Crippen molar-refractivity contribution in [2.75, 3.05) is 31.6 Å². The Labute approximate surface area is 190 Å². The van der Waals surface area contributed by atoms with Gasteiger partial charge in [-0.1, -0.05) is 35.1 Å². The smallest absolute Gasteiger partial charge is 0.244 e.